The maximum absolute atomic E-state index is 12.4. The number of halogens is 1. The van der Waals surface area contributed by atoms with Crippen molar-refractivity contribution in [2.45, 2.75) is 26.0 Å². The van der Waals surface area contributed by atoms with Gasteiger partial charge in [-0.25, -0.2) is 0 Å². The molecule has 2 aromatic rings. The minimum atomic E-state index is -0.216. The summed E-state index contributed by atoms with van der Waals surface area (Å²) in [4.78, 5) is 14.7. The quantitative estimate of drug-likeness (QED) is 0.719. The van der Waals surface area contributed by atoms with Gasteiger partial charge in [0.05, 0.1) is 13.2 Å². The predicted octanol–water partition coefficient (Wildman–Crippen LogP) is 3.46. The lowest BCUT2D eigenvalue weighted by Gasteiger charge is -2.40. The number of hydrogen-bond donors (Lipinski definition) is 1. The summed E-state index contributed by atoms with van der Waals surface area (Å²) < 4.78 is 17.7. The molecule has 1 aromatic heterocycles. The van der Waals surface area contributed by atoms with Crippen LogP contribution < -0.4 is 10.1 Å². The van der Waals surface area contributed by atoms with E-state index in [1.807, 2.05) is 24.3 Å². The van der Waals surface area contributed by atoms with Crippen LogP contribution in [0.5, 0.6) is 5.75 Å². The van der Waals surface area contributed by atoms with E-state index in [4.69, 9.17) is 13.9 Å². The van der Waals surface area contributed by atoms with Crippen molar-refractivity contribution >= 4 is 21.8 Å². The van der Waals surface area contributed by atoms with E-state index in [9.17, 15) is 4.79 Å². The van der Waals surface area contributed by atoms with Gasteiger partial charge in [-0.3, -0.25) is 9.69 Å². The standard InChI is InChI=1S/C20H25BrN2O4/c1-20(2,23-9-11-25-12-10-23)14-22-19(24)18-8-7-17(27-18)13-26-16-5-3-15(21)4-6-16/h3-8H,9-14H2,1-2H3,(H,22,24). The summed E-state index contributed by atoms with van der Waals surface area (Å²) in [6.45, 7) is 8.28. The van der Waals surface area contributed by atoms with Crippen molar-refractivity contribution in [1.29, 1.82) is 0 Å². The zero-order valence-electron chi connectivity index (χ0n) is 15.7. The first-order valence-corrected chi connectivity index (χ1v) is 9.81. The molecule has 0 spiro atoms. The average molecular weight is 437 g/mol. The van der Waals surface area contributed by atoms with Gasteiger partial charge in [0, 0.05) is 29.6 Å². The van der Waals surface area contributed by atoms with Crippen LogP contribution in [0.15, 0.2) is 45.3 Å². The van der Waals surface area contributed by atoms with Crippen LogP contribution in [0.1, 0.15) is 30.2 Å². The number of morpholine rings is 1. The van der Waals surface area contributed by atoms with Crippen LogP contribution in [-0.4, -0.2) is 49.2 Å². The van der Waals surface area contributed by atoms with Crippen LogP contribution in [-0.2, 0) is 11.3 Å². The van der Waals surface area contributed by atoms with Crippen molar-refractivity contribution in [2.24, 2.45) is 0 Å². The number of nitrogens with zero attached hydrogens (tertiary/aromatic N) is 1. The molecule has 0 unspecified atom stereocenters. The lowest BCUT2D eigenvalue weighted by atomic mass is 10.0. The Balaban J connectivity index is 1.49. The molecule has 0 aliphatic carbocycles. The van der Waals surface area contributed by atoms with E-state index in [1.54, 1.807) is 12.1 Å². The second kappa shape index (κ2) is 8.91. The van der Waals surface area contributed by atoms with Crippen LogP contribution in [0.25, 0.3) is 0 Å². The zero-order chi connectivity index (χ0) is 19.3. The van der Waals surface area contributed by atoms with Crippen LogP contribution in [0.4, 0.5) is 0 Å². The molecule has 27 heavy (non-hydrogen) atoms. The van der Waals surface area contributed by atoms with Gasteiger partial charge in [-0.05, 0) is 50.2 Å². The highest BCUT2D eigenvalue weighted by atomic mass is 79.9. The molecule has 0 atom stereocenters. The Bertz CT molecular complexity index is 752. The van der Waals surface area contributed by atoms with E-state index in [-0.39, 0.29) is 18.1 Å². The topological polar surface area (TPSA) is 63.9 Å². The van der Waals surface area contributed by atoms with Crippen molar-refractivity contribution in [3.63, 3.8) is 0 Å². The van der Waals surface area contributed by atoms with Crippen molar-refractivity contribution in [2.75, 3.05) is 32.8 Å². The number of amides is 1. The zero-order valence-corrected chi connectivity index (χ0v) is 17.3. The summed E-state index contributed by atoms with van der Waals surface area (Å²) in [5, 5.41) is 2.97. The largest absolute Gasteiger partial charge is 0.486 e. The van der Waals surface area contributed by atoms with Crippen molar-refractivity contribution in [3.8, 4) is 5.75 Å². The van der Waals surface area contributed by atoms with Crippen molar-refractivity contribution in [3.05, 3.63) is 52.4 Å². The fourth-order valence-corrected chi connectivity index (χ4v) is 3.19. The summed E-state index contributed by atoms with van der Waals surface area (Å²) in [7, 11) is 0. The molecule has 1 saturated heterocycles. The minimum absolute atomic E-state index is 0.139. The number of carbonyl (C=O) groups excluding carboxylic acids is 1. The van der Waals surface area contributed by atoms with Crippen LogP contribution >= 0.6 is 15.9 Å². The first kappa shape index (κ1) is 19.9. The van der Waals surface area contributed by atoms with Gasteiger partial charge in [-0.15, -0.1) is 0 Å². The lowest BCUT2D eigenvalue weighted by Crippen LogP contribution is -2.55. The Hall–Kier alpha value is -1.83. The Morgan fingerprint density at radius 2 is 1.89 bits per heavy atom. The van der Waals surface area contributed by atoms with Gasteiger partial charge in [0.1, 0.15) is 18.1 Å². The first-order valence-electron chi connectivity index (χ1n) is 9.02. The molecule has 1 aliphatic rings. The molecule has 1 aliphatic heterocycles. The molecule has 2 heterocycles. The van der Waals surface area contributed by atoms with E-state index >= 15 is 0 Å². The number of rotatable bonds is 7. The molecule has 0 saturated carbocycles. The molecule has 1 aromatic carbocycles. The molecule has 7 heteroatoms. The average Bonchev–Trinajstić information content (AvgIpc) is 3.16. The number of carbonyl (C=O) groups is 1. The van der Waals surface area contributed by atoms with E-state index in [0.717, 1.165) is 36.5 Å². The molecular weight excluding hydrogens is 412 g/mol. The first-order chi connectivity index (χ1) is 12.9. The van der Waals surface area contributed by atoms with Gasteiger partial charge in [0.25, 0.3) is 5.91 Å². The third-order valence-corrected chi connectivity index (χ3v) is 5.16. The summed E-state index contributed by atoms with van der Waals surface area (Å²) in [5.41, 5.74) is -0.139. The SMILES string of the molecule is CC(C)(CNC(=O)c1ccc(COc2ccc(Br)cc2)o1)N1CCOCC1. The second-order valence-corrected chi connectivity index (χ2v) is 8.02. The fourth-order valence-electron chi connectivity index (χ4n) is 2.93. The Kier molecular flexibility index (Phi) is 6.57. The van der Waals surface area contributed by atoms with Crippen molar-refractivity contribution in [1.82, 2.24) is 10.2 Å². The normalized spacial score (nSPS) is 15.5. The van der Waals surface area contributed by atoms with E-state index in [1.165, 1.54) is 0 Å². The molecule has 146 valence electrons. The van der Waals surface area contributed by atoms with E-state index < -0.39 is 0 Å². The van der Waals surface area contributed by atoms with E-state index in [0.29, 0.717) is 18.1 Å². The van der Waals surface area contributed by atoms with Crippen LogP contribution in [0.2, 0.25) is 0 Å². The molecule has 6 nitrogen and oxygen atoms in total. The highest BCUT2D eigenvalue weighted by molar-refractivity contribution is 9.10. The fraction of sp³-hybridized carbons (Fsp3) is 0.450. The number of ether oxygens (including phenoxy) is 2. The van der Waals surface area contributed by atoms with Crippen LogP contribution in [0, 0.1) is 0 Å². The Morgan fingerprint density at radius 3 is 2.59 bits per heavy atom. The Morgan fingerprint density at radius 1 is 1.19 bits per heavy atom. The van der Waals surface area contributed by atoms with Gasteiger partial charge < -0.3 is 19.2 Å². The van der Waals surface area contributed by atoms with Crippen LogP contribution in [0.3, 0.4) is 0 Å². The maximum atomic E-state index is 12.4. The third-order valence-electron chi connectivity index (χ3n) is 4.63. The molecular formula is C20H25BrN2O4. The molecule has 3 rings (SSSR count). The van der Waals surface area contributed by atoms with Gasteiger partial charge >= 0.3 is 0 Å². The summed E-state index contributed by atoms with van der Waals surface area (Å²) in [6, 6.07) is 11.0. The minimum Gasteiger partial charge on any atom is -0.486 e. The highest BCUT2D eigenvalue weighted by Crippen LogP contribution is 2.19. The summed E-state index contributed by atoms with van der Waals surface area (Å²) >= 11 is 3.39. The number of furan rings is 1. The summed E-state index contributed by atoms with van der Waals surface area (Å²) in [6.07, 6.45) is 0. The second-order valence-electron chi connectivity index (χ2n) is 7.10. The molecule has 1 amide bonds. The predicted molar refractivity (Wildman–Crippen MR) is 106 cm³/mol. The van der Waals surface area contributed by atoms with Gasteiger partial charge in [-0.1, -0.05) is 15.9 Å². The van der Waals surface area contributed by atoms with Gasteiger partial charge in [0.15, 0.2) is 5.76 Å². The third kappa shape index (κ3) is 5.57. The monoisotopic (exact) mass is 436 g/mol. The number of benzene rings is 1. The Labute approximate surface area is 167 Å². The number of nitrogens with one attached hydrogen (secondary N) is 1. The number of hydrogen-bond acceptors (Lipinski definition) is 5. The molecule has 0 bridgehead atoms. The smallest absolute Gasteiger partial charge is 0.287 e. The molecule has 1 N–H and O–H groups in total. The molecule has 1 fully saturated rings. The van der Waals surface area contributed by atoms with Crippen molar-refractivity contribution < 1.29 is 18.7 Å². The lowest BCUT2D eigenvalue weighted by molar-refractivity contribution is -0.00930. The van der Waals surface area contributed by atoms with Gasteiger partial charge in [0.2, 0.25) is 0 Å². The summed E-state index contributed by atoms with van der Waals surface area (Å²) in [5.74, 6) is 1.43. The van der Waals surface area contributed by atoms with Gasteiger partial charge in [-0.2, -0.15) is 0 Å². The van der Waals surface area contributed by atoms with E-state index in [2.05, 4.69) is 40.0 Å². The maximum Gasteiger partial charge on any atom is 0.287 e. The highest BCUT2D eigenvalue weighted by Gasteiger charge is 2.29. The molecule has 0 radical (unpaired) electrons.